The minimum absolute atomic E-state index is 0.101. The number of phenols is 1. The van der Waals surface area contributed by atoms with E-state index in [0.717, 1.165) is 11.1 Å². The lowest BCUT2D eigenvalue weighted by Gasteiger charge is -2.33. The molecule has 6 N–H and O–H groups in total. The van der Waals surface area contributed by atoms with Crippen LogP contribution in [0, 0.1) is 5.92 Å². The monoisotopic (exact) mass is 635 g/mol. The second kappa shape index (κ2) is 15.7. The Morgan fingerprint density at radius 1 is 0.826 bits per heavy atom. The van der Waals surface area contributed by atoms with Gasteiger partial charge in [-0.05, 0) is 61.3 Å². The first kappa shape index (κ1) is 34.4. The standard InChI is InChI=1S/C34H45N5O7/c1-3-21(2)29(37-31(42)28-12-7-17-38(28)32(43)25(35)19-23-13-15-24(40)16-14-23)33(44)39-18-8-11-27(39)30(41)36-26(34(45)46)20-22-9-5-4-6-10-22/h4-6,9-10,13-16,21,25-29,40H,3,7-8,11-12,17-20,35H2,1-2H3,(H,36,41)(H,37,42)(H,45,46)/t21-,25-,26-,27+,28+,29-/m0/s1. The van der Waals surface area contributed by atoms with Crippen LogP contribution < -0.4 is 16.4 Å². The number of nitrogens with one attached hydrogen (secondary N) is 2. The van der Waals surface area contributed by atoms with Crippen LogP contribution in [0.15, 0.2) is 54.6 Å². The molecule has 2 aliphatic rings. The number of carbonyl (C=O) groups excluding carboxylic acids is 4. The number of phenolic OH excluding ortho intramolecular Hbond substituents is 1. The minimum Gasteiger partial charge on any atom is -0.508 e. The summed E-state index contributed by atoms with van der Waals surface area (Å²) in [5, 5.41) is 24.8. The van der Waals surface area contributed by atoms with E-state index >= 15 is 0 Å². The summed E-state index contributed by atoms with van der Waals surface area (Å²) < 4.78 is 0. The molecule has 0 spiro atoms. The molecule has 46 heavy (non-hydrogen) atoms. The van der Waals surface area contributed by atoms with Gasteiger partial charge in [0.05, 0.1) is 6.04 Å². The molecular weight excluding hydrogens is 590 g/mol. The Hall–Kier alpha value is -4.45. The van der Waals surface area contributed by atoms with Gasteiger partial charge in [0.2, 0.25) is 23.6 Å². The molecule has 0 unspecified atom stereocenters. The summed E-state index contributed by atoms with van der Waals surface area (Å²) in [7, 11) is 0. The van der Waals surface area contributed by atoms with Crippen molar-refractivity contribution in [3.05, 3.63) is 65.7 Å². The van der Waals surface area contributed by atoms with Crippen LogP contribution in [0.2, 0.25) is 0 Å². The predicted molar refractivity (Wildman–Crippen MR) is 170 cm³/mol. The van der Waals surface area contributed by atoms with Gasteiger partial charge in [0.25, 0.3) is 0 Å². The molecule has 2 fully saturated rings. The number of carboxylic acids is 1. The highest BCUT2D eigenvalue weighted by atomic mass is 16.4. The Balaban J connectivity index is 1.42. The van der Waals surface area contributed by atoms with Gasteiger partial charge in [-0.3, -0.25) is 19.2 Å². The summed E-state index contributed by atoms with van der Waals surface area (Å²) in [6.07, 6.45) is 2.89. The lowest BCUT2D eigenvalue weighted by Crippen LogP contribution is -2.59. The van der Waals surface area contributed by atoms with Crippen LogP contribution in [-0.4, -0.2) is 92.9 Å². The number of carboxylic acid groups (broad SMARTS) is 1. The average Bonchev–Trinajstić information content (AvgIpc) is 3.74. The molecule has 2 aromatic rings. The summed E-state index contributed by atoms with van der Waals surface area (Å²) in [5.74, 6) is -3.09. The molecule has 6 atom stereocenters. The van der Waals surface area contributed by atoms with Crippen molar-refractivity contribution >= 4 is 29.6 Å². The van der Waals surface area contributed by atoms with Crippen molar-refractivity contribution in [2.75, 3.05) is 13.1 Å². The Bertz CT molecular complexity index is 1390. The van der Waals surface area contributed by atoms with Gasteiger partial charge >= 0.3 is 5.97 Å². The van der Waals surface area contributed by atoms with Crippen LogP contribution in [-0.2, 0) is 36.8 Å². The SMILES string of the molecule is CC[C@H](C)[C@H](NC(=O)[C@H]1CCCN1C(=O)[C@@H](N)Cc1ccc(O)cc1)C(=O)N1CCC[C@@H]1C(=O)N[C@@H](Cc1ccccc1)C(=O)O. The number of hydrogen-bond donors (Lipinski definition) is 5. The Labute approximate surface area is 269 Å². The van der Waals surface area contributed by atoms with Crippen molar-refractivity contribution in [3.63, 3.8) is 0 Å². The number of likely N-dealkylation sites (tertiary alicyclic amines) is 2. The molecule has 4 amide bonds. The van der Waals surface area contributed by atoms with E-state index in [2.05, 4.69) is 10.6 Å². The van der Waals surface area contributed by atoms with Crippen LogP contribution >= 0.6 is 0 Å². The molecule has 0 radical (unpaired) electrons. The van der Waals surface area contributed by atoms with Crippen LogP contribution in [0.25, 0.3) is 0 Å². The Kier molecular flexibility index (Phi) is 11.8. The number of carbonyl (C=O) groups is 5. The van der Waals surface area contributed by atoms with E-state index in [-0.39, 0.29) is 30.4 Å². The predicted octanol–water partition coefficient (Wildman–Crippen LogP) is 1.59. The fourth-order valence-electron chi connectivity index (χ4n) is 6.22. The number of hydrogen-bond acceptors (Lipinski definition) is 7. The van der Waals surface area contributed by atoms with Crippen molar-refractivity contribution in [3.8, 4) is 5.75 Å². The second-order valence-electron chi connectivity index (χ2n) is 12.3. The minimum atomic E-state index is -1.17. The van der Waals surface area contributed by atoms with Crippen molar-refractivity contribution in [2.45, 2.75) is 89.0 Å². The topological polar surface area (TPSA) is 182 Å². The number of nitrogens with two attached hydrogens (primary N) is 1. The van der Waals surface area contributed by atoms with Crippen LogP contribution in [0.4, 0.5) is 0 Å². The fraction of sp³-hybridized carbons (Fsp3) is 0.500. The average molecular weight is 636 g/mol. The van der Waals surface area contributed by atoms with E-state index in [1.807, 2.05) is 19.9 Å². The van der Waals surface area contributed by atoms with Crippen molar-refractivity contribution in [1.82, 2.24) is 20.4 Å². The van der Waals surface area contributed by atoms with Gasteiger partial charge in [0.15, 0.2) is 0 Å². The summed E-state index contributed by atoms with van der Waals surface area (Å²) in [6.45, 7) is 4.42. The van der Waals surface area contributed by atoms with Crippen molar-refractivity contribution in [1.29, 1.82) is 0 Å². The van der Waals surface area contributed by atoms with Gasteiger partial charge in [0, 0.05) is 19.5 Å². The fourth-order valence-corrected chi connectivity index (χ4v) is 6.22. The zero-order valence-electron chi connectivity index (χ0n) is 26.4. The normalized spacial score (nSPS) is 20.4. The molecular formula is C34H45N5O7. The van der Waals surface area contributed by atoms with E-state index in [1.165, 1.54) is 21.9 Å². The third kappa shape index (κ3) is 8.42. The number of rotatable bonds is 13. The van der Waals surface area contributed by atoms with Gasteiger partial charge in [-0.15, -0.1) is 0 Å². The van der Waals surface area contributed by atoms with E-state index in [4.69, 9.17) is 5.73 Å². The molecule has 248 valence electrons. The second-order valence-corrected chi connectivity index (χ2v) is 12.3. The quantitative estimate of drug-likeness (QED) is 0.220. The van der Waals surface area contributed by atoms with Crippen LogP contribution in [0.3, 0.4) is 0 Å². The van der Waals surface area contributed by atoms with Crippen LogP contribution in [0.1, 0.15) is 57.1 Å². The number of aromatic hydroxyl groups is 1. The third-order valence-electron chi connectivity index (χ3n) is 9.06. The highest BCUT2D eigenvalue weighted by molar-refractivity contribution is 5.96. The zero-order chi connectivity index (χ0) is 33.4. The molecule has 0 saturated carbocycles. The smallest absolute Gasteiger partial charge is 0.326 e. The van der Waals surface area contributed by atoms with Gasteiger partial charge in [-0.1, -0.05) is 62.7 Å². The zero-order valence-corrected chi connectivity index (χ0v) is 26.4. The van der Waals surface area contributed by atoms with Crippen LogP contribution in [0.5, 0.6) is 5.75 Å². The first-order chi connectivity index (χ1) is 22.0. The van der Waals surface area contributed by atoms with E-state index < -0.39 is 53.9 Å². The maximum absolute atomic E-state index is 14.0. The molecule has 0 bridgehead atoms. The summed E-state index contributed by atoms with van der Waals surface area (Å²) in [6, 6.07) is 10.8. The number of benzene rings is 2. The maximum Gasteiger partial charge on any atom is 0.326 e. The maximum atomic E-state index is 14.0. The summed E-state index contributed by atoms with van der Waals surface area (Å²) in [4.78, 5) is 69.2. The Morgan fingerprint density at radius 2 is 1.37 bits per heavy atom. The summed E-state index contributed by atoms with van der Waals surface area (Å²) in [5.41, 5.74) is 7.79. The third-order valence-corrected chi connectivity index (χ3v) is 9.06. The summed E-state index contributed by atoms with van der Waals surface area (Å²) >= 11 is 0. The van der Waals surface area contributed by atoms with Gasteiger partial charge in [0.1, 0.15) is 29.9 Å². The number of aliphatic carboxylic acids is 1. The molecule has 2 saturated heterocycles. The number of amides is 4. The van der Waals surface area contributed by atoms with E-state index in [1.54, 1.807) is 36.4 Å². The first-order valence-electron chi connectivity index (χ1n) is 16.0. The van der Waals surface area contributed by atoms with E-state index in [0.29, 0.717) is 45.2 Å². The number of nitrogens with zero attached hydrogens (tertiary/aromatic N) is 2. The van der Waals surface area contributed by atoms with Gasteiger partial charge < -0.3 is 36.4 Å². The highest BCUT2D eigenvalue weighted by Gasteiger charge is 2.42. The molecule has 2 aromatic carbocycles. The Morgan fingerprint density at radius 3 is 1.93 bits per heavy atom. The molecule has 0 aromatic heterocycles. The largest absolute Gasteiger partial charge is 0.508 e. The molecule has 12 nitrogen and oxygen atoms in total. The molecule has 2 aliphatic heterocycles. The van der Waals surface area contributed by atoms with Crippen molar-refractivity contribution in [2.24, 2.45) is 11.7 Å². The molecule has 2 heterocycles. The lowest BCUT2D eigenvalue weighted by atomic mass is 9.96. The molecule has 12 heteroatoms. The lowest BCUT2D eigenvalue weighted by molar-refractivity contribution is -0.146. The first-order valence-corrected chi connectivity index (χ1v) is 16.0. The highest BCUT2D eigenvalue weighted by Crippen LogP contribution is 2.24. The van der Waals surface area contributed by atoms with Crippen molar-refractivity contribution < 1.29 is 34.2 Å². The van der Waals surface area contributed by atoms with E-state index in [9.17, 15) is 34.2 Å². The molecule has 4 rings (SSSR count). The van der Waals surface area contributed by atoms with Gasteiger partial charge in [-0.2, -0.15) is 0 Å². The molecule has 0 aliphatic carbocycles. The van der Waals surface area contributed by atoms with Gasteiger partial charge in [-0.25, -0.2) is 4.79 Å².